The summed E-state index contributed by atoms with van der Waals surface area (Å²) < 4.78 is 9.19. The van der Waals surface area contributed by atoms with Crippen LogP contribution in [0.15, 0.2) is 79.3 Å². The fraction of sp³-hybridized carbons (Fsp3) is 0.130. The minimum Gasteiger partial charge on any atom is -0.470 e. The first kappa shape index (κ1) is 21.0. The standard InChI is InChI=1S/C23H20Cl2N4O2/c1-16(17-5-4-6-19(13-17)28-10-2-3-11-28)26-23(30)21-9-12-29(27-21)15-31-22-8-7-18(24)14-20(22)25/h2-14,16H,15H2,1H3,(H,26,30). The van der Waals surface area contributed by atoms with Crippen LogP contribution in [0.2, 0.25) is 10.0 Å². The Labute approximate surface area is 190 Å². The second-order valence-electron chi connectivity index (χ2n) is 6.97. The van der Waals surface area contributed by atoms with E-state index >= 15 is 0 Å². The third kappa shape index (κ3) is 5.10. The van der Waals surface area contributed by atoms with Gasteiger partial charge in [-0.15, -0.1) is 0 Å². The summed E-state index contributed by atoms with van der Waals surface area (Å²) in [4.78, 5) is 12.7. The lowest BCUT2D eigenvalue weighted by atomic mass is 10.1. The molecule has 0 spiro atoms. The van der Waals surface area contributed by atoms with Gasteiger partial charge in [0, 0.05) is 29.3 Å². The van der Waals surface area contributed by atoms with E-state index in [9.17, 15) is 4.79 Å². The van der Waals surface area contributed by atoms with Crippen LogP contribution in [0.4, 0.5) is 0 Å². The fourth-order valence-corrected chi connectivity index (χ4v) is 3.56. The SMILES string of the molecule is CC(NC(=O)c1ccn(COc2ccc(Cl)cc2Cl)n1)c1cccc(-n2cccc2)c1. The van der Waals surface area contributed by atoms with Crippen LogP contribution in [-0.2, 0) is 6.73 Å². The molecule has 2 heterocycles. The topological polar surface area (TPSA) is 61.1 Å². The highest BCUT2D eigenvalue weighted by Gasteiger charge is 2.15. The summed E-state index contributed by atoms with van der Waals surface area (Å²) in [5, 5.41) is 8.21. The molecule has 1 unspecified atom stereocenters. The highest BCUT2D eigenvalue weighted by atomic mass is 35.5. The summed E-state index contributed by atoms with van der Waals surface area (Å²) in [6.07, 6.45) is 5.64. The van der Waals surface area contributed by atoms with E-state index in [1.807, 2.05) is 60.3 Å². The third-order valence-corrected chi connectivity index (χ3v) is 5.27. The Hall–Kier alpha value is -3.22. The summed E-state index contributed by atoms with van der Waals surface area (Å²) in [6.45, 7) is 2.05. The Morgan fingerprint density at radius 1 is 1.06 bits per heavy atom. The van der Waals surface area contributed by atoms with Gasteiger partial charge >= 0.3 is 0 Å². The first-order valence-corrected chi connectivity index (χ1v) is 10.4. The van der Waals surface area contributed by atoms with Crippen LogP contribution in [-0.4, -0.2) is 20.3 Å². The molecule has 0 bridgehead atoms. The number of benzene rings is 2. The molecule has 0 aliphatic carbocycles. The molecule has 4 rings (SSSR count). The number of halogens is 2. The van der Waals surface area contributed by atoms with Gasteiger partial charge in [-0.1, -0.05) is 35.3 Å². The first-order valence-electron chi connectivity index (χ1n) is 9.65. The van der Waals surface area contributed by atoms with Crippen LogP contribution in [0.5, 0.6) is 5.75 Å². The third-order valence-electron chi connectivity index (χ3n) is 4.74. The Morgan fingerprint density at radius 2 is 1.87 bits per heavy atom. The molecule has 1 N–H and O–H groups in total. The summed E-state index contributed by atoms with van der Waals surface area (Å²) in [5.74, 6) is 0.228. The zero-order valence-corrected chi connectivity index (χ0v) is 18.2. The van der Waals surface area contributed by atoms with E-state index in [0.717, 1.165) is 11.3 Å². The van der Waals surface area contributed by atoms with E-state index < -0.39 is 0 Å². The van der Waals surface area contributed by atoms with Gasteiger partial charge in [0.05, 0.1) is 11.1 Å². The number of hydrogen-bond acceptors (Lipinski definition) is 3. The smallest absolute Gasteiger partial charge is 0.272 e. The molecule has 8 heteroatoms. The zero-order valence-electron chi connectivity index (χ0n) is 16.7. The van der Waals surface area contributed by atoms with E-state index in [0.29, 0.717) is 21.5 Å². The average Bonchev–Trinajstić information content (AvgIpc) is 3.46. The first-order chi connectivity index (χ1) is 15.0. The number of ether oxygens (including phenoxy) is 1. The average molecular weight is 455 g/mol. The molecule has 2 aromatic heterocycles. The van der Waals surface area contributed by atoms with Crippen molar-refractivity contribution in [2.75, 3.05) is 0 Å². The van der Waals surface area contributed by atoms with Crippen molar-refractivity contribution in [2.24, 2.45) is 0 Å². The van der Waals surface area contributed by atoms with Crippen LogP contribution < -0.4 is 10.1 Å². The molecule has 0 radical (unpaired) electrons. The molecule has 6 nitrogen and oxygen atoms in total. The number of rotatable bonds is 7. The summed E-state index contributed by atoms with van der Waals surface area (Å²) in [5.41, 5.74) is 2.34. The summed E-state index contributed by atoms with van der Waals surface area (Å²) in [6, 6.07) is 18.4. The predicted molar refractivity (Wildman–Crippen MR) is 121 cm³/mol. The molecular weight excluding hydrogens is 435 g/mol. The Kier molecular flexibility index (Phi) is 6.30. The molecule has 0 saturated carbocycles. The highest BCUT2D eigenvalue weighted by molar-refractivity contribution is 6.35. The molecule has 0 aliphatic rings. The molecule has 2 aromatic carbocycles. The van der Waals surface area contributed by atoms with Crippen LogP contribution in [0.3, 0.4) is 0 Å². The van der Waals surface area contributed by atoms with E-state index in [1.165, 1.54) is 4.68 Å². The summed E-state index contributed by atoms with van der Waals surface area (Å²) >= 11 is 12.0. The van der Waals surface area contributed by atoms with Gasteiger partial charge in [-0.3, -0.25) is 4.79 Å². The van der Waals surface area contributed by atoms with Gasteiger partial charge in [-0.2, -0.15) is 5.10 Å². The normalized spacial score (nSPS) is 11.8. The molecule has 0 fully saturated rings. The lowest BCUT2D eigenvalue weighted by molar-refractivity contribution is 0.0932. The van der Waals surface area contributed by atoms with E-state index in [4.69, 9.17) is 27.9 Å². The maximum Gasteiger partial charge on any atom is 0.272 e. The fourth-order valence-electron chi connectivity index (χ4n) is 3.10. The van der Waals surface area contributed by atoms with E-state index in [2.05, 4.69) is 10.4 Å². The number of amides is 1. The van der Waals surface area contributed by atoms with Crippen molar-refractivity contribution >= 4 is 29.1 Å². The maximum atomic E-state index is 12.7. The number of nitrogens with one attached hydrogen (secondary N) is 1. The molecule has 1 atom stereocenters. The minimum absolute atomic E-state index is 0.114. The number of nitrogens with zero attached hydrogens (tertiary/aromatic N) is 3. The van der Waals surface area contributed by atoms with Crippen molar-refractivity contribution < 1.29 is 9.53 Å². The molecule has 31 heavy (non-hydrogen) atoms. The molecule has 158 valence electrons. The predicted octanol–water partition coefficient (Wildman–Crippen LogP) is 5.51. The number of aromatic nitrogens is 3. The van der Waals surface area contributed by atoms with E-state index in [-0.39, 0.29) is 18.7 Å². The van der Waals surface area contributed by atoms with Crippen molar-refractivity contribution in [1.29, 1.82) is 0 Å². The van der Waals surface area contributed by atoms with Gasteiger partial charge < -0.3 is 14.6 Å². The van der Waals surface area contributed by atoms with Gasteiger partial charge in [0.25, 0.3) is 5.91 Å². The molecular formula is C23H20Cl2N4O2. The minimum atomic E-state index is -0.262. The lowest BCUT2D eigenvalue weighted by Crippen LogP contribution is -2.27. The highest BCUT2D eigenvalue weighted by Crippen LogP contribution is 2.27. The van der Waals surface area contributed by atoms with E-state index in [1.54, 1.807) is 30.5 Å². The summed E-state index contributed by atoms with van der Waals surface area (Å²) in [7, 11) is 0. The Bertz CT molecular complexity index is 1190. The van der Waals surface area contributed by atoms with Crippen LogP contribution in [0, 0.1) is 0 Å². The Balaban J connectivity index is 1.38. The van der Waals surface area contributed by atoms with Crippen LogP contribution in [0.25, 0.3) is 5.69 Å². The maximum absolute atomic E-state index is 12.7. The number of carbonyl (C=O) groups excluding carboxylic acids is 1. The molecule has 4 aromatic rings. The second kappa shape index (κ2) is 9.29. The monoisotopic (exact) mass is 454 g/mol. The zero-order chi connectivity index (χ0) is 21.8. The van der Waals surface area contributed by atoms with Crippen molar-refractivity contribution in [2.45, 2.75) is 19.7 Å². The van der Waals surface area contributed by atoms with Crippen LogP contribution >= 0.6 is 23.2 Å². The van der Waals surface area contributed by atoms with Crippen molar-refractivity contribution in [3.8, 4) is 11.4 Å². The lowest BCUT2D eigenvalue weighted by Gasteiger charge is -2.15. The van der Waals surface area contributed by atoms with Crippen molar-refractivity contribution in [3.05, 3.63) is 101 Å². The number of hydrogen-bond donors (Lipinski definition) is 1. The van der Waals surface area contributed by atoms with Gasteiger partial charge in [0.15, 0.2) is 6.73 Å². The Morgan fingerprint density at radius 3 is 2.65 bits per heavy atom. The largest absolute Gasteiger partial charge is 0.470 e. The second-order valence-corrected chi connectivity index (χ2v) is 7.81. The van der Waals surface area contributed by atoms with Gasteiger partial charge in [-0.05, 0) is 61.0 Å². The molecule has 0 aliphatic heterocycles. The van der Waals surface area contributed by atoms with Crippen molar-refractivity contribution in [1.82, 2.24) is 19.7 Å². The molecule has 1 amide bonds. The van der Waals surface area contributed by atoms with Crippen LogP contribution in [0.1, 0.15) is 29.0 Å². The quantitative estimate of drug-likeness (QED) is 0.400. The number of carbonyl (C=O) groups is 1. The van der Waals surface area contributed by atoms with Crippen molar-refractivity contribution in [3.63, 3.8) is 0 Å². The molecule has 0 saturated heterocycles. The van der Waals surface area contributed by atoms with Gasteiger partial charge in [-0.25, -0.2) is 4.68 Å². The van der Waals surface area contributed by atoms with Gasteiger partial charge in [0.2, 0.25) is 0 Å². The van der Waals surface area contributed by atoms with Gasteiger partial charge in [0.1, 0.15) is 11.4 Å².